The second kappa shape index (κ2) is 7.70. The fourth-order valence-electron chi connectivity index (χ4n) is 2.58. The number of fused-ring (bicyclic) bond motifs is 1. The van der Waals surface area contributed by atoms with Gasteiger partial charge in [0.2, 0.25) is 0 Å². The third-order valence-electron chi connectivity index (χ3n) is 4.14. The molecule has 0 fully saturated rings. The lowest BCUT2D eigenvalue weighted by Crippen LogP contribution is -2.19. The first-order chi connectivity index (χ1) is 12.6. The van der Waals surface area contributed by atoms with Gasteiger partial charge >= 0.3 is 0 Å². The SMILES string of the molecule is COc1ccc(C(=O)N/N=C(/C)c2ccc3cc(OC)ccc3c2)cc1. The highest BCUT2D eigenvalue weighted by Crippen LogP contribution is 2.22. The summed E-state index contributed by atoms with van der Waals surface area (Å²) < 4.78 is 10.3. The molecule has 0 atom stereocenters. The normalized spacial score (nSPS) is 11.3. The van der Waals surface area contributed by atoms with Crippen LogP contribution in [0.1, 0.15) is 22.8 Å². The number of hydrogen-bond acceptors (Lipinski definition) is 4. The van der Waals surface area contributed by atoms with Crippen LogP contribution >= 0.6 is 0 Å². The Bertz CT molecular complexity index is 963. The first-order valence-electron chi connectivity index (χ1n) is 8.17. The molecule has 0 saturated carbocycles. The Morgan fingerprint density at radius 3 is 2.08 bits per heavy atom. The fourth-order valence-corrected chi connectivity index (χ4v) is 2.58. The van der Waals surface area contributed by atoms with Crippen molar-refractivity contribution in [2.24, 2.45) is 5.10 Å². The molecule has 3 aromatic rings. The predicted molar refractivity (Wildman–Crippen MR) is 103 cm³/mol. The van der Waals surface area contributed by atoms with E-state index < -0.39 is 0 Å². The monoisotopic (exact) mass is 348 g/mol. The summed E-state index contributed by atoms with van der Waals surface area (Å²) >= 11 is 0. The van der Waals surface area contributed by atoms with Crippen molar-refractivity contribution in [3.63, 3.8) is 0 Å². The molecule has 0 aromatic heterocycles. The quantitative estimate of drug-likeness (QED) is 0.560. The van der Waals surface area contributed by atoms with E-state index in [1.165, 1.54) is 0 Å². The number of amides is 1. The first-order valence-corrected chi connectivity index (χ1v) is 8.17. The Labute approximate surface area is 152 Å². The molecule has 0 bridgehead atoms. The van der Waals surface area contributed by atoms with Crippen LogP contribution in [0.2, 0.25) is 0 Å². The number of ether oxygens (including phenoxy) is 2. The van der Waals surface area contributed by atoms with E-state index in [4.69, 9.17) is 9.47 Å². The van der Waals surface area contributed by atoms with Gasteiger partial charge in [0.05, 0.1) is 19.9 Å². The Kier molecular flexibility index (Phi) is 5.17. The minimum absolute atomic E-state index is 0.266. The third kappa shape index (κ3) is 3.83. The average Bonchev–Trinajstić information content (AvgIpc) is 2.70. The molecule has 0 aliphatic heterocycles. The van der Waals surface area contributed by atoms with Crippen LogP contribution in [0.25, 0.3) is 10.8 Å². The van der Waals surface area contributed by atoms with Gasteiger partial charge in [-0.1, -0.05) is 18.2 Å². The Morgan fingerprint density at radius 1 is 0.808 bits per heavy atom. The summed E-state index contributed by atoms with van der Waals surface area (Å²) in [5, 5.41) is 6.38. The van der Waals surface area contributed by atoms with E-state index in [-0.39, 0.29) is 5.91 Å². The maximum atomic E-state index is 12.2. The van der Waals surface area contributed by atoms with E-state index in [9.17, 15) is 4.79 Å². The van der Waals surface area contributed by atoms with Gasteiger partial charge in [-0.2, -0.15) is 5.10 Å². The number of hydrogen-bond donors (Lipinski definition) is 1. The second-order valence-corrected chi connectivity index (χ2v) is 5.79. The molecule has 0 spiro atoms. The summed E-state index contributed by atoms with van der Waals surface area (Å²) in [6.45, 7) is 1.86. The average molecular weight is 348 g/mol. The highest BCUT2D eigenvalue weighted by molar-refractivity contribution is 6.03. The number of carbonyl (C=O) groups is 1. The molecule has 5 heteroatoms. The van der Waals surface area contributed by atoms with Gasteiger partial charge in [0, 0.05) is 5.56 Å². The number of benzene rings is 3. The molecule has 0 radical (unpaired) electrons. The third-order valence-corrected chi connectivity index (χ3v) is 4.14. The molecule has 3 aromatic carbocycles. The second-order valence-electron chi connectivity index (χ2n) is 5.79. The van der Waals surface area contributed by atoms with Crippen LogP contribution in [0.15, 0.2) is 65.8 Å². The molecule has 3 rings (SSSR count). The number of nitrogens with one attached hydrogen (secondary N) is 1. The molecule has 26 heavy (non-hydrogen) atoms. The minimum atomic E-state index is -0.266. The van der Waals surface area contributed by atoms with Gasteiger partial charge in [0.25, 0.3) is 5.91 Å². The van der Waals surface area contributed by atoms with Gasteiger partial charge in [-0.05, 0) is 65.7 Å². The zero-order valence-electron chi connectivity index (χ0n) is 14.9. The van der Waals surface area contributed by atoms with Crippen molar-refractivity contribution in [1.29, 1.82) is 0 Å². The fraction of sp³-hybridized carbons (Fsp3) is 0.143. The lowest BCUT2D eigenvalue weighted by molar-refractivity contribution is 0.0955. The molecule has 5 nitrogen and oxygen atoms in total. The van der Waals surface area contributed by atoms with Crippen LogP contribution in [-0.4, -0.2) is 25.8 Å². The number of methoxy groups -OCH3 is 2. The molecule has 0 heterocycles. The summed E-state index contributed by atoms with van der Waals surface area (Å²) in [7, 11) is 3.24. The highest BCUT2D eigenvalue weighted by atomic mass is 16.5. The van der Waals surface area contributed by atoms with E-state index in [0.29, 0.717) is 11.3 Å². The highest BCUT2D eigenvalue weighted by Gasteiger charge is 2.06. The molecule has 0 saturated heterocycles. The van der Waals surface area contributed by atoms with Crippen molar-refractivity contribution in [2.75, 3.05) is 14.2 Å². The summed E-state index contributed by atoms with van der Waals surface area (Å²) in [5.41, 5.74) is 4.78. The van der Waals surface area contributed by atoms with Gasteiger partial charge in [-0.3, -0.25) is 4.79 Å². The largest absolute Gasteiger partial charge is 0.497 e. The molecule has 1 amide bonds. The zero-order chi connectivity index (χ0) is 18.5. The van der Waals surface area contributed by atoms with Crippen molar-refractivity contribution < 1.29 is 14.3 Å². The zero-order valence-corrected chi connectivity index (χ0v) is 14.9. The number of nitrogens with zero attached hydrogens (tertiary/aromatic N) is 1. The molecule has 132 valence electrons. The standard InChI is InChI=1S/C21H20N2O3/c1-14(22-23-21(24)15-6-9-19(25-2)10-7-15)16-4-5-18-13-20(26-3)11-8-17(18)12-16/h4-13H,1-3H3,(H,23,24)/b22-14-. The van der Waals surface area contributed by atoms with Crippen molar-refractivity contribution in [1.82, 2.24) is 5.43 Å². The van der Waals surface area contributed by atoms with Crippen LogP contribution in [0, 0.1) is 0 Å². The van der Waals surface area contributed by atoms with E-state index in [1.54, 1.807) is 38.5 Å². The van der Waals surface area contributed by atoms with E-state index in [2.05, 4.69) is 10.5 Å². The molecular formula is C21H20N2O3. The van der Waals surface area contributed by atoms with Gasteiger partial charge in [0.1, 0.15) is 11.5 Å². The Balaban J connectivity index is 1.76. The van der Waals surface area contributed by atoms with E-state index in [1.807, 2.05) is 43.3 Å². The van der Waals surface area contributed by atoms with Crippen LogP contribution in [-0.2, 0) is 0 Å². The number of hydrazone groups is 1. The van der Waals surface area contributed by atoms with E-state index >= 15 is 0 Å². The molecule has 1 N–H and O–H groups in total. The lowest BCUT2D eigenvalue weighted by atomic mass is 10.0. The topological polar surface area (TPSA) is 59.9 Å². The first kappa shape index (κ1) is 17.5. The summed E-state index contributed by atoms with van der Waals surface area (Å²) in [5.74, 6) is 1.26. The van der Waals surface area contributed by atoms with Crippen molar-refractivity contribution >= 4 is 22.4 Å². The Hall–Kier alpha value is -3.34. The van der Waals surface area contributed by atoms with Crippen molar-refractivity contribution in [3.05, 3.63) is 71.8 Å². The van der Waals surface area contributed by atoms with Crippen LogP contribution in [0.4, 0.5) is 0 Å². The van der Waals surface area contributed by atoms with Crippen LogP contribution < -0.4 is 14.9 Å². The lowest BCUT2D eigenvalue weighted by Gasteiger charge is -2.06. The maximum Gasteiger partial charge on any atom is 0.271 e. The van der Waals surface area contributed by atoms with Crippen molar-refractivity contribution in [3.8, 4) is 11.5 Å². The number of rotatable bonds is 5. The predicted octanol–water partition coefficient (Wildman–Crippen LogP) is 4.01. The van der Waals surface area contributed by atoms with Crippen LogP contribution in [0.5, 0.6) is 11.5 Å². The minimum Gasteiger partial charge on any atom is -0.497 e. The summed E-state index contributed by atoms with van der Waals surface area (Å²) in [6.07, 6.45) is 0. The smallest absolute Gasteiger partial charge is 0.271 e. The number of carbonyl (C=O) groups excluding carboxylic acids is 1. The maximum absolute atomic E-state index is 12.2. The van der Waals surface area contributed by atoms with Gasteiger partial charge in [0.15, 0.2) is 0 Å². The van der Waals surface area contributed by atoms with E-state index in [0.717, 1.165) is 27.8 Å². The summed E-state index contributed by atoms with van der Waals surface area (Å²) in [6, 6.07) is 18.8. The van der Waals surface area contributed by atoms with Crippen molar-refractivity contribution in [2.45, 2.75) is 6.92 Å². The Morgan fingerprint density at radius 2 is 1.38 bits per heavy atom. The summed E-state index contributed by atoms with van der Waals surface area (Å²) in [4.78, 5) is 12.2. The van der Waals surface area contributed by atoms with Gasteiger partial charge < -0.3 is 9.47 Å². The molecule has 0 unspecified atom stereocenters. The molecule has 0 aliphatic carbocycles. The van der Waals surface area contributed by atoms with Gasteiger partial charge in [-0.15, -0.1) is 0 Å². The molecule has 0 aliphatic rings. The molecular weight excluding hydrogens is 328 g/mol. The van der Waals surface area contributed by atoms with Gasteiger partial charge in [-0.25, -0.2) is 5.43 Å². The van der Waals surface area contributed by atoms with Crippen LogP contribution in [0.3, 0.4) is 0 Å².